The van der Waals surface area contributed by atoms with Crippen LogP contribution >= 0.6 is 0 Å². The average Bonchev–Trinajstić information content (AvgIpc) is 3.48. The lowest BCUT2D eigenvalue weighted by molar-refractivity contribution is -0.144. The lowest BCUT2D eigenvalue weighted by Crippen LogP contribution is -2.43. The van der Waals surface area contributed by atoms with E-state index in [4.69, 9.17) is 0 Å². The maximum absolute atomic E-state index is 14.2. The SMILES string of the molecule is O=C(O)[C@@H](CC1CCC1)N1CC(CN2CCC(c3cnc4cnccn34)CC2)[C@@H](c2cccc(F)c2)C1. The maximum Gasteiger partial charge on any atom is 0.320 e. The second-order valence-corrected chi connectivity index (χ2v) is 11.3. The number of fused-ring (bicyclic) bond motifs is 1. The molecule has 8 heteroatoms. The van der Waals surface area contributed by atoms with Crippen LogP contribution in [0.2, 0.25) is 0 Å². The van der Waals surface area contributed by atoms with Crippen molar-refractivity contribution < 1.29 is 14.3 Å². The predicted molar refractivity (Wildman–Crippen MR) is 139 cm³/mol. The fraction of sp³-hybridized carbons (Fsp3) is 0.552. The molecule has 1 aliphatic carbocycles. The number of hydrogen-bond donors (Lipinski definition) is 1. The minimum absolute atomic E-state index is 0.142. The van der Waals surface area contributed by atoms with E-state index in [1.807, 2.05) is 18.5 Å². The Balaban J connectivity index is 1.15. The number of aromatic nitrogens is 3. The summed E-state index contributed by atoms with van der Waals surface area (Å²) in [6.45, 7) is 4.35. The molecule has 0 radical (unpaired) electrons. The van der Waals surface area contributed by atoms with Crippen LogP contribution in [-0.2, 0) is 4.79 Å². The Morgan fingerprint density at radius 3 is 2.70 bits per heavy atom. The Morgan fingerprint density at radius 2 is 1.97 bits per heavy atom. The van der Waals surface area contributed by atoms with Crippen molar-refractivity contribution in [2.75, 3.05) is 32.7 Å². The number of aliphatic carboxylic acids is 1. The third-order valence-electron chi connectivity index (χ3n) is 9.10. The second-order valence-electron chi connectivity index (χ2n) is 11.3. The molecule has 2 aliphatic heterocycles. The van der Waals surface area contributed by atoms with E-state index in [0.717, 1.165) is 69.5 Å². The summed E-state index contributed by atoms with van der Waals surface area (Å²) in [5, 5.41) is 10.1. The highest BCUT2D eigenvalue weighted by Crippen LogP contribution is 2.39. The van der Waals surface area contributed by atoms with Crippen molar-refractivity contribution in [2.24, 2.45) is 11.8 Å². The summed E-state index contributed by atoms with van der Waals surface area (Å²) in [5.74, 6) is 0.484. The third kappa shape index (κ3) is 5.14. The van der Waals surface area contributed by atoms with Gasteiger partial charge in [-0.15, -0.1) is 0 Å². The van der Waals surface area contributed by atoms with Crippen molar-refractivity contribution in [1.29, 1.82) is 0 Å². The van der Waals surface area contributed by atoms with Crippen LogP contribution in [0.5, 0.6) is 0 Å². The number of carboxylic acid groups (broad SMARTS) is 1. The van der Waals surface area contributed by atoms with Crippen LogP contribution in [0.4, 0.5) is 4.39 Å². The highest BCUT2D eigenvalue weighted by atomic mass is 19.1. The monoisotopic (exact) mass is 505 g/mol. The number of imidazole rings is 1. The second kappa shape index (κ2) is 10.5. The van der Waals surface area contributed by atoms with E-state index < -0.39 is 12.0 Å². The van der Waals surface area contributed by atoms with Crippen LogP contribution in [0.15, 0.2) is 49.1 Å². The van der Waals surface area contributed by atoms with Crippen LogP contribution in [0.3, 0.4) is 0 Å². The summed E-state index contributed by atoms with van der Waals surface area (Å²) in [5.41, 5.74) is 3.13. The molecule has 1 unspecified atom stereocenters. The molecule has 2 saturated heterocycles. The number of carbonyl (C=O) groups is 1. The van der Waals surface area contributed by atoms with Crippen molar-refractivity contribution in [3.63, 3.8) is 0 Å². The van der Waals surface area contributed by atoms with Gasteiger partial charge in [0.05, 0.1) is 6.20 Å². The van der Waals surface area contributed by atoms with Crippen LogP contribution in [0, 0.1) is 17.7 Å². The van der Waals surface area contributed by atoms with Crippen LogP contribution in [0.1, 0.15) is 61.6 Å². The first-order valence-corrected chi connectivity index (χ1v) is 13.8. The molecule has 2 aromatic heterocycles. The van der Waals surface area contributed by atoms with Crippen molar-refractivity contribution in [3.8, 4) is 0 Å². The van der Waals surface area contributed by atoms with Gasteiger partial charge in [-0.1, -0.05) is 31.4 Å². The molecular formula is C29H36FN5O2. The number of benzene rings is 1. The van der Waals surface area contributed by atoms with E-state index in [2.05, 4.69) is 24.2 Å². The summed E-state index contributed by atoms with van der Waals surface area (Å²) in [7, 11) is 0. The first-order valence-electron chi connectivity index (χ1n) is 13.8. The first-order chi connectivity index (χ1) is 18.0. The van der Waals surface area contributed by atoms with Gasteiger partial charge in [0.1, 0.15) is 11.9 Å². The van der Waals surface area contributed by atoms with Gasteiger partial charge in [0, 0.05) is 55.8 Å². The number of piperidine rings is 1. The smallest absolute Gasteiger partial charge is 0.320 e. The summed E-state index contributed by atoms with van der Waals surface area (Å²) < 4.78 is 16.3. The molecule has 6 rings (SSSR count). The Bertz CT molecular complexity index is 1240. The van der Waals surface area contributed by atoms with Gasteiger partial charge < -0.3 is 14.4 Å². The number of nitrogens with zero attached hydrogens (tertiary/aromatic N) is 5. The molecule has 4 heterocycles. The first kappa shape index (κ1) is 24.5. The van der Waals surface area contributed by atoms with Crippen molar-refractivity contribution >= 4 is 11.6 Å². The zero-order chi connectivity index (χ0) is 25.4. The van der Waals surface area contributed by atoms with Gasteiger partial charge in [-0.25, -0.2) is 9.37 Å². The van der Waals surface area contributed by atoms with E-state index >= 15 is 0 Å². The number of carboxylic acids is 1. The average molecular weight is 506 g/mol. The van der Waals surface area contributed by atoms with Crippen LogP contribution in [-0.4, -0.2) is 74.0 Å². The Hall–Kier alpha value is -2.84. The molecule has 7 nitrogen and oxygen atoms in total. The minimum atomic E-state index is -0.713. The quantitative estimate of drug-likeness (QED) is 0.489. The Labute approximate surface area is 217 Å². The molecule has 0 spiro atoms. The fourth-order valence-electron chi connectivity index (χ4n) is 6.82. The molecule has 3 aromatic rings. The number of halogens is 1. The highest BCUT2D eigenvalue weighted by molar-refractivity contribution is 5.73. The van der Waals surface area contributed by atoms with Gasteiger partial charge in [0.15, 0.2) is 5.65 Å². The molecule has 0 bridgehead atoms. The highest BCUT2D eigenvalue weighted by Gasteiger charge is 2.41. The Morgan fingerprint density at radius 1 is 1.14 bits per heavy atom. The molecular weight excluding hydrogens is 469 g/mol. The summed E-state index contributed by atoms with van der Waals surface area (Å²) in [6, 6.07) is 6.49. The van der Waals surface area contributed by atoms with Crippen LogP contribution < -0.4 is 0 Å². The van der Waals surface area contributed by atoms with Gasteiger partial charge in [-0.05, 0) is 61.9 Å². The topological polar surface area (TPSA) is 74.0 Å². The number of rotatable bonds is 8. The third-order valence-corrected chi connectivity index (χ3v) is 9.10. The van der Waals surface area contributed by atoms with Crippen molar-refractivity contribution in [1.82, 2.24) is 24.2 Å². The standard InChI is InChI=1S/C29H36FN5O2/c30-24-6-2-5-22(14-24)25-19-34(26(29(36)37)13-20-3-1-4-20)18-23(25)17-33-10-7-21(8-11-33)27-15-32-28-16-31-9-12-35(27)28/h2,5-6,9,12,14-16,20-21,23,25-26H,1,3-4,7-8,10-11,13,17-19H2,(H,36,37)/t23?,25-,26-/m1/s1. The van der Waals surface area contributed by atoms with E-state index in [9.17, 15) is 14.3 Å². The normalized spacial score (nSPS) is 24.9. The zero-order valence-electron chi connectivity index (χ0n) is 21.3. The molecule has 1 aromatic carbocycles. The van der Waals surface area contributed by atoms with Gasteiger partial charge in [0.2, 0.25) is 0 Å². The molecule has 3 aliphatic rings. The molecule has 3 atom stereocenters. The van der Waals surface area contributed by atoms with E-state index in [1.165, 1.54) is 18.2 Å². The zero-order valence-corrected chi connectivity index (χ0v) is 21.3. The van der Waals surface area contributed by atoms with E-state index in [-0.39, 0.29) is 17.7 Å². The lowest BCUT2D eigenvalue weighted by atomic mass is 9.80. The maximum atomic E-state index is 14.2. The molecule has 1 N–H and O–H groups in total. The molecule has 196 valence electrons. The van der Waals surface area contributed by atoms with Gasteiger partial charge >= 0.3 is 5.97 Å². The Kier molecular flexibility index (Phi) is 6.95. The van der Waals surface area contributed by atoms with Gasteiger partial charge in [-0.2, -0.15) is 0 Å². The van der Waals surface area contributed by atoms with Crippen molar-refractivity contribution in [3.05, 3.63) is 66.1 Å². The molecule has 37 heavy (non-hydrogen) atoms. The van der Waals surface area contributed by atoms with Gasteiger partial charge in [-0.3, -0.25) is 14.7 Å². The largest absolute Gasteiger partial charge is 0.480 e. The fourth-order valence-corrected chi connectivity index (χ4v) is 6.82. The predicted octanol–water partition coefficient (Wildman–Crippen LogP) is 4.41. The van der Waals surface area contributed by atoms with Crippen molar-refractivity contribution in [2.45, 2.75) is 56.4 Å². The lowest BCUT2D eigenvalue weighted by Gasteiger charge is -2.35. The van der Waals surface area contributed by atoms with Gasteiger partial charge in [0.25, 0.3) is 0 Å². The molecule has 0 amide bonds. The van der Waals surface area contributed by atoms with E-state index in [1.54, 1.807) is 24.5 Å². The summed E-state index contributed by atoms with van der Waals surface area (Å²) in [6.07, 6.45) is 14.0. The number of likely N-dealkylation sites (tertiary alicyclic amines) is 2. The summed E-state index contributed by atoms with van der Waals surface area (Å²) >= 11 is 0. The molecule has 3 fully saturated rings. The van der Waals surface area contributed by atoms with E-state index in [0.29, 0.717) is 18.4 Å². The molecule has 1 saturated carbocycles. The van der Waals surface area contributed by atoms with Crippen LogP contribution in [0.25, 0.3) is 5.65 Å². The number of hydrogen-bond acceptors (Lipinski definition) is 5. The minimum Gasteiger partial charge on any atom is -0.480 e. The summed E-state index contributed by atoms with van der Waals surface area (Å²) in [4.78, 5) is 25.7.